The summed E-state index contributed by atoms with van der Waals surface area (Å²) in [6.07, 6.45) is 17.3. The second-order valence-corrected chi connectivity index (χ2v) is 11.1. The van der Waals surface area contributed by atoms with E-state index in [9.17, 15) is 9.59 Å². The Morgan fingerprint density at radius 2 is 1.25 bits per heavy atom. The fourth-order valence-corrected chi connectivity index (χ4v) is 4.65. The van der Waals surface area contributed by atoms with Crippen LogP contribution < -0.4 is 0 Å². The molecule has 1 rings (SSSR count). The molecule has 0 aromatic heterocycles. The summed E-state index contributed by atoms with van der Waals surface area (Å²) in [6, 6.07) is 0. The quantitative estimate of drug-likeness (QED) is 0.0571. The van der Waals surface area contributed by atoms with Crippen molar-refractivity contribution in [2.45, 2.75) is 129 Å². The lowest BCUT2D eigenvalue weighted by molar-refractivity contribution is -0.160. The van der Waals surface area contributed by atoms with E-state index in [1.165, 1.54) is 64.2 Å². The van der Waals surface area contributed by atoms with Crippen molar-refractivity contribution >= 4 is 12.1 Å². The first kappa shape index (κ1) is 36.6. The Kier molecular flexibility index (Phi) is 24.3. The molecule has 0 aromatic carbocycles. The molecule has 1 radical (unpaired) electrons. The zero-order valence-electron chi connectivity index (χ0n) is 25.8. The minimum atomic E-state index is -0.700. The van der Waals surface area contributed by atoms with Crippen molar-refractivity contribution in [2.75, 3.05) is 52.7 Å². The van der Waals surface area contributed by atoms with E-state index < -0.39 is 12.4 Å². The van der Waals surface area contributed by atoms with Crippen LogP contribution in [0.2, 0.25) is 0 Å². The molecule has 1 heterocycles. The molecule has 1 atom stereocenters. The van der Waals surface area contributed by atoms with Gasteiger partial charge in [-0.3, -0.25) is 4.79 Å². The Balaban J connectivity index is 2.18. The Bertz CT molecular complexity index is 580. The van der Waals surface area contributed by atoms with Crippen molar-refractivity contribution in [3.63, 3.8) is 0 Å². The molecule has 0 saturated carbocycles. The van der Waals surface area contributed by atoms with Gasteiger partial charge in [0, 0.05) is 32.1 Å². The second kappa shape index (κ2) is 26.5. The van der Waals surface area contributed by atoms with E-state index in [-0.39, 0.29) is 31.5 Å². The van der Waals surface area contributed by atoms with Crippen molar-refractivity contribution in [2.24, 2.45) is 5.92 Å². The third kappa shape index (κ3) is 22.3. The first-order chi connectivity index (χ1) is 19.5. The maximum atomic E-state index is 12.3. The summed E-state index contributed by atoms with van der Waals surface area (Å²) in [4.78, 5) is 26.5. The first-order valence-electron chi connectivity index (χ1n) is 16.3. The lowest BCUT2D eigenvalue weighted by Gasteiger charge is -2.19. The van der Waals surface area contributed by atoms with Crippen LogP contribution in [0.3, 0.4) is 0 Å². The van der Waals surface area contributed by atoms with Gasteiger partial charge >= 0.3 is 12.1 Å². The molecule has 1 saturated heterocycles. The molecule has 8 nitrogen and oxygen atoms in total. The SMILES string of the molecule is [CH2]C(COC(=O)CCC(OCCCCCCCC)OCCCCCCCC)COC(=O)OCCCN1CCCC1. The Morgan fingerprint density at radius 1 is 0.700 bits per heavy atom. The highest BCUT2D eigenvalue weighted by molar-refractivity contribution is 5.69. The van der Waals surface area contributed by atoms with Crippen molar-refractivity contribution < 1.29 is 33.3 Å². The molecule has 1 fully saturated rings. The van der Waals surface area contributed by atoms with Crippen LogP contribution in [0.25, 0.3) is 0 Å². The third-order valence-corrected chi connectivity index (χ3v) is 7.14. The Hall–Kier alpha value is -1.38. The fourth-order valence-electron chi connectivity index (χ4n) is 4.65. The number of hydrogen-bond donors (Lipinski definition) is 0. The van der Waals surface area contributed by atoms with Crippen molar-refractivity contribution in [3.8, 4) is 0 Å². The number of carbonyl (C=O) groups excluding carboxylic acids is 2. The summed E-state index contributed by atoms with van der Waals surface area (Å²) in [5, 5.41) is 0. The molecule has 1 aliphatic rings. The van der Waals surface area contributed by atoms with Gasteiger partial charge in [-0.15, -0.1) is 0 Å². The predicted molar refractivity (Wildman–Crippen MR) is 159 cm³/mol. The number of hydrogen-bond acceptors (Lipinski definition) is 8. The monoisotopic (exact) mass is 570 g/mol. The van der Waals surface area contributed by atoms with Gasteiger partial charge in [-0.05, 0) is 52.1 Å². The van der Waals surface area contributed by atoms with Crippen molar-refractivity contribution in [1.29, 1.82) is 0 Å². The average Bonchev–Trinajstić information content (AvgIpc) is 3.48. The van der Waals surface area contributed by atoms with Gasteiger partial charge in [-0.1, -0.05) is 78.1 Å². The highest BCUT2D eigenvalue weighted by atomic mass is 16.7. The van der Waals surface area contributed by atoms with Gasteiger partial charge in [0.1, 0.15) is 6.61 Å². The van der Waals surface area contributed by atoms with Crippen LogP contribution in [0.5, 0.6) is 0 Å². The van der Waals surface area contributed by atoms with Crippen LogP contribution in [-0.4, -0.2) is 76.0 Å². The number of unbranched alkanes of at least 4 members (excludes halogenated alkanes) is 10. The van der Waals surface area contributed by atoms with Gasteiger partial charge in [0.2, 0.25) is 0 Å². The molecular formula is C32H60NO7. The van der Waals surface area contributed by atoms with E-state index in [1.807, 2.05) is 0 Å². The van der Waals surface area contributed by atoms with Gasteiger partial charge < -0.3 is 28.6 Å². The summed E-state index contributed by atoms with van der Waals surface area (Å²) in [7, 11) is 0. The van der Waals surface area contributed by atoms with Crippen LogP contribution in [0.4, 0.5) is 4.79 Å². The molecule has 0 amide bonds. The molecule has 0 aromatic rings. The first-order valence-corrected chi connectivity index (χ1v) is 16.3. The molecule has 8 heteroatoms. The highest BCUT2D eigenvalue weighted by Gasteiger charge is 2.16. The molecule has 40 heavy (non-hydrogen) atoms. The zero-order valence-corrected chi connectivity index (χ0v) is 25.8. The standard InChI is InChI=1S/C32H60NO7/c1-4-6-8-10-12-16-24-36-31(37-25-17-13-11-9-7-5-2)20-19-30(34)39-27-29(3)28-40-32(35)38-26-18-23-33-21-14-15-22-33/h29,31H,3-28H2,1-2H3. The zero-order chi connectivity index (χ0) is 29.1. The van der Waals surface area contributed by atoms with Gasteiger partial charge in [0.25, 0.3) is 0 Å². The lowest BCUT2D eigenvalue weighted by atomic mass is 10.1. The smallest absolute Gasteiger partial charge is 0.465 e. The minimum Gasteiger partial charge on any atom is -0.465 e. The van der Waals surface area contributed by atoms with Crippen LogP contribution in [0.15, 0.2) is 0 Å². The molecule has 0 bridgehead atoms. The van der Waals surface area contributed by atoms with Gasteiger partial charge in [-0.2, -0.15) is 0 Å². The summed E-state index contributed by atoms with van der Waals surface area (Å²) in [6.45, 7) is 13.3. The number of esters is 1. The summed E-state index contributed by atoms with van der Waals surface area (Å²) in [5.41, 5.74) is 0. The van der Waals surface area contributed by atoms with E-state index in [2.05, 4.69) is 25.7 Å². The van der Waals surface area contributed by atoms with Crippen LogP contribution in [-0.2, 0) is 28.5 Å². The molecule has 1 aliphatic heterocycles. The number of rotatable bonds is 27. The van der Waals surface area contributed by atoms with Crippen LogP contribution >= 0.6 is 0 Å². The summed E-state index contributed by atoms with van der Waals surface area (Å²) < 4.78 is 27.6. The highest BCUT2D eigenvalue weighted by Crippen LogP contribution is 2.12. The van der Waals surface area contributed by atoms with Gasteiger partial charge in [-0.25, -0.2) is 4.79 Å². The lowest BCUT2D eigenvalue weighted by Crippen LogP contribution is -2.23. The predicted octanol–water partition coefficient (Wildman–Crippen LogP) is 7.48. The fraction of sp³-hybridized carbons (Fsp3) is 0.906. The van der Waals surface area contributed by atoms with E-state index >= 15 is 0 Å². The second-order valence-electron chi connectivity index (χ2n) is 11.1. The van der Waals surface area contributed by atoms with E-state index in [1.54, 1.807) is 0 Å². The van der Waals surface area contributed by atoms with Gasteiger partial charge in [0.05, 0.1) is 19.6 Å². The van der Waals surface area contributed by atoms with E-state index in [0.717, 1.165) is 51.7 Å². The van der Waals surface area contributed by atoms with Crippen molar-refractivity contribution in [1.82, 2.24) is 4.90 Å². The Labute approximate surface area is 245 Å². The molecular weight excluding hydrogens is 510 g/mol. The maximum Gasteiger partial charge on any atom is 0.508 e. The van der Waals surface area contributed by atoms with Crippen molar-refractivity contribution in [3.05, 3.63) is 6.92 Å². The number of ether oxygens (including phenoxy) is 5. The summed E-state index contributed by atoms with van der Waals surface area (Å²) in [5.74, 6) is -0.681. The van der Waals surface area contributed by atoms with E-state index in [4.69, 9.17) is 23.7 Å². The normalized spacial score (nSPS) is 14.5. The van der Waals surface area contributed by atoms with Crippen LogP contribution in [0.1, 0.15) is 123 Å². The Morgan fingerprint density at radius 3 is 1.85 bits per heavy atom. The number of likely N-dealkylation sites (tertiary alicyclic amines) is 1. The molecule has 0 aliphatic carbocycles. The average molecular weight is 571 g/mol. The van der Waals surface area contributed by atoms with Crippen LogP contribution in [0, 0.1) is 12.8 Å². The topological polar surface area (TPSA) is 83.5 Å². The third-order valence-electron chi connectivity index (χ3n) is 7.14. The largest absolute Gasteiger partial charge is 0.508 e. The van der Waals surface area contributed by atoms with Gasteiger partial charge in [0.15, 0.2) is 6.29 Å². The molecule has 235 valence electrons. The molecule has 0 N–H and O–H groups in total. The number of nitrogens with zero attached hydrogens (tertiary/aromatic N) is 1. The summed E-state index contributed by atoms with van der Waals surface area (Å²) >= 11 is 0. The maximum absolute atomic E-state index is 12.3. The molecule has 1 unspecified atom stereocenters. The van der Waals surface area contributed by atoms with E-state index in [0.29, 0.717) is 26.2 Å². The molecule has 0 spiro atoms. The number of carbonyl (C=O) groups is 2. The minimum absolute atomic E-state index is 0.0452.